The van der Waals surface area contributed by atoms with Gasteiger partial charge in [-0.05, 0) is 44.9 Å². The van der Waals surface area contributed by atoms with Crippen molar-refractivity contribution in [1.29, 1.82) is 0 Å². The number of unbranched alkanes of at least 4 members (excludes halogenated alkanes) is 19. The number of hydrogen-bond acceptors (Lipinski definition) is 6. The van der Waals surface area contributed by atoms with Gasteiger partial charge in [0.05, 0.1) is 0 Å². The quantitative estimate of drug-likeness (QED) is 0.0299. The average Bonchev–Trinajstić information content (AvgIpc) is 3.05. The lowest BCUT2D eigenvalue weighted by Crippen LogP contribution is -2.30. The van der Waals surface area contributed by atoms with Gasteiger partial charge in [0.1, 0.15) is 13.2 Å². The fourth-order valence-corrected chi connectivity index (χ4v) is 5.22. The summed E-state index contributed by atoms with van der Waals surface area (Å²) in [5.74, 6) is -0.910. The van der Waals surface area contributed by atoms with Crippen molar-refractivity contribution in [3.8, 4) is 0 Å². The summed E-state index contributed by atoms with van der Waals surface area (Å²) in [5, 5.41) is 0. The van der Waals surface area contributed by atoms with E-state index in [4.69, 9.17) is 14.2 Å². The highest BCUT2D eigenvalue weighted by Gasteiger charge is 2.19. The Bertz CT molecular complexity index is 759. The summed E-state index contributed by atoms with van der Waals surface area (Å²) in [6.45, 7) is 6.45. The fourth-order valence-electron chi connectivity index (χ4n) is 5.22. The first-order valence-electron chi connectivity index (χ1n) is 19.3. The van der Waals surface area contributed by atoms with Crippen molar-refractivity contribution in [2.24, 2.45) is 0 Å². The standard InChI is InChI=1S/C40H72O6/c1-4-7-10-13-15-17-18-19-20-21-23-24-27-30-33-39(42)45-36-37(35-44-38(41)32-29-26-12-9-6-3)46-40(43)34-31-28-25-22-16-14-11-8-5-2/h13,15,18-19,37H,4-12,14,16-17,20-36H2,1-3H3/b15-13-,19-18-. The van der Waals surface area contributed by atoms with Crippen LogP contribution in [0.15, 0.2) is 24.3 Å². The minimum atomic E-state index is -0.765. The van der Waals surface area contributed by atoms with Crippen molar-refractivity contribution < 1.29 is 28.6 Å². The van der Waals surface area contributed by atoms with Crippen LogP contribution < -0.4 is 0 Å². The number of esters is 3. The molecular weight excluding hydrogens is 576 g/mol. The summed E-state index contributed by atoms with van der Waals surface area (Å²) in [7, 11) is 0. The topological polar surface area (TPSA) is 78.9 Å². The molecule has 0 saturated heterocycles. The number of hydrogen-bond donors (Lipinski definition) is 0. The summed E-state index contributed by atoms with van der Waals surface area (Å²) in [4.78, 5) is 37.2. The van der Waals surface area contributed by atoms with Crippen molar-refractivity contribution in [3.05, 3.63) is 24.3 Å². The van der Waals surface area contributed by atoms with Crippen LogP contribution in [0.3, 0.4) is 0 Å². The second-order valence-electron chi connectivity index (χ2n) is 12.8. The van der Waals surface area contributed by atoms with E-state index in [9.17, 15) is 14.4 Å². The van der Waals surface area contributed by atoms with E-state index in [-0.39, 0.29) is 31.1 Å². The molecule has 0 aliphatic rings. The first-order valence-corrected chi connectivity index (χ1v) is 19.3. The van der Waals surface area contributed by atoms with Gasteiger partial charge in [-0.15, -0.1) is 0 Å². The Morgan fingerprint density at radius 3 is 1.26 bits per heavy atom. The molecule has 268 valence electrons. The maximum absolute atomic E-state index is 12.5. The molecule has 0 aromatic rings. The van der Waals surface area contributed by atoms with Crippen molar-refractivity contribution in [1.82, 2.24) is 0 Å². The number of carbonyl (C=O) groups excluding carboxylic acids is 3. The second kappa shape index (κ2) is 35.7. The molecule has 0 bridgehead atoms. The third kappa shape index (κ3) is 33.3. The Morgan fingerprint density at radius 1 is 0.435 bits per heavy atom. The highest BCUT2D eigenvalue weighted by molar-refractivity contribution is 5.71. The predicted octanol–water partition coefficient (Wildman–Crippen LogP) is 11.7. The molecule has 0 aromatic carbocycles. The van der Waals surface area contributed by atoms with E-state index in [1.165, 1.54) is 70.6 Å². The van der Waals surface area contributed by atoms with Gasteiger partial charge in [-0.1, -0.05) is 154 Å². The molecule has 0 aliphatic carbocycles. The zero-order valence-electron chi connectivity index (χ0n) is 30.3. The number of allylic oxidation sites excluding steroid dienone is 4. The van der Waals surface area contributed by atoms with Gasteiger partial charge < -0.3 is 14.2 Å². The van der Waals surface area contributed by atoms with E-state index in [2.05, 4.69) is 45.1 Å². The Labute approximate surface area is 283 Å². The number of rotatable bonds is 34. The molecule has 0 amide bonds. The van der Waals surface area contributed by atoms with Gasteiger partial charge in [-0.2, -0.15) is 0 Å². The van der Waals surface area contributed by atoms with Gasteiger partial charge in [0.15, 0.2) is 6.10 Å². The third-order valence-corrected chi connectivity index (χ3v) is 8.21. The lowest BCUT2D eigenvalue weighted by Gasteiger charge is -2.18. The summed E-state index contributed by atoms with van der Waals surface area (Å²) in [6, 6.07) is 0. The van der Waals surface area contributed by atoms with E-state index in [0.29, 0.717) is 19.3 Å². The summed E-state index contributed by atoms with van der Waals surface area (Å²) in [5.41, 5.74) is 0. The van der Waals surface area contributed by atoms with E-state index in [1.54, 1.807) is 0 Å². The zero-order valence-corrected chi connectivity index (χ0v) is 30.3. The average molecular weight is 649 g/mol. The van der Waals surface area contributed by atoms with Crippen LogP contribution in [0.5, 0.6) is 0 Å². The van der Waals surface area contributed by atoms with Crippen molar-refractivity contribution in [2.45, 2.75) is 200 Å². The molecule has 0 aromatic heterocycles. The van der Waals surface area contributed by atoms with Gasteiger partial charge in [0.2, 0.25) is 0 Å². The van der Waals surface area contributed by atoms with Gasteiger partial charge in [-0.25, -0.2) is 0 Å². The fraction of sp³-hybridized carbons (Fsp3) is 0.825. The van der Waals surface area contributed by atoms with Gasteiger partial charge in [0.25, 0.3) is 0 Å². The van der Waals surface area contributed by atoms with Crippen LogP contribution in [-0.4, -0.2) is 37.2 Å². The van der Waals surface area contributed by atoms with Crippen LogP contribution in [0.4, 0.5) is 0 Å². The molecule has 1 unspecified atom stereocenters. The molecule has 6 nitrogen and oxygen atoms in total. The SMILES string of the molecule is CCCC/C=C\C/C=C\CCCCCCCC(=O)OCC(COC(=O)CCCCCCC)OC(=O)CCCCCCCCCCC. The van der Waals surface area contributed by atoms with Crippen LogP contribution in [0, 0.1) is 0 Å². The van der Waals surface area contributed by atoms with Gasteiger partial charge >= 0.3 is 17.9 Å². The molecule has 0 heterocycles. The van der Waals surface area contributed by atoms with E-state index in [0.717, 1.165) is 83.5 Å². The summed E-state index contributed by atoms with van der Waals surface area (Å²) >= 11 is 0. The highest BCUT2D eigenvalue weighted by Crippen LogP contribution is 2.13. The molecule has 0 N–H and O–H groups in total. The second-order valence-corrected chi connectivity index (χ2v) is 12.8. The monoisotopic (exact) mass is 649 g/mol. The normalized spacial score (nSPS) is 12.2. The van der Waals surface area contributed by atoms with Crippen LogP contribution in [-0.2, 0) is 28.6 Å². The maximum atomic E-state index is 12.5. The zero-order chi connectivity index (χ0) is 33.8. The summed E-state index contributed by atoms with van der Waals surface area (Å²) in [6.07, 6.45) is 36.2. The molecule has 0 aliphatic heterocycles. The smallest absolute Gasteiger partial charge is 0.306 e. The third-order valence-electron chi connectivity index (χ3n) is 8.21. The Balaban J connectivity index is 4.28. The van der Waals surface area contributed by atoms with Crippen LogP contribution in [0.1, 0.15) is 194 Å². The van der Waals surface area contributed by atoms with E-state index >= 15 is 0 Å². The molecule has 0 rings (SSSR count). The van der Waals surface area contributed by atoms with Crippen LogP contribution in [0.2, 0.25) is 0 Å². The maximum Gasteiger partial charge on any atom is 0.306 e. The van der Waals surface area contributed by atoms with Crippen LogP contribution >= 0.6 is 0 Å². The molecule has 0 saturated carbocycles. The largest absolute Gasteiger partial charge is 0.462 e. The van der Waals surface area contributed by atoms with Crippen molar-refractivity contribution in [3.63, 3.8) is 0 Å². The van der Waals surface area contributed by atoms with Crippen molar-refractivity contribution >= 4 is 17.9 Å². The molecule has 46 heavy (non-hydrogen) atoms. The van der Waals surface area contributed by atoms with Crippen molar-refractivity contribution in [2.75, 3.05) is 13.2 Å². The molecule has 0 radical (unpaired) electrons. The summed E-state index contributed by atoms with van der Waals surface area (Å²) < 4.78 is 16.5. The Kier molecular flexibility index (Phi) is 34.1. The minimum absolute atomic E-state index is 0.0752. The molecule has 6 heteroatoms. The number of carbonyl (C=O) groups is 3. The molecule has 0 spiro atoms. The van der Waals surface area contributed by atoms with Gasteiger partial charge in [0, 0.05) is 19.3 Å². The lowest BCUT2D eigenvalue weighted by molar-refractivity contribution is -0.167. The Hall–Kier alpha value is -2.11. The molecule has 1 atom stereocenters. The highest BCUT2D eigenvalue weighted by atomic mass is 16.6. The molecular formula is C40H72O6. The first kappa shape index (κ1) is 43.9. The molecule has 0 fully saturated rings. The van der Waals surface area contributed by atoms with E-state index < -0.39 is 6.10 Å². The van der Waals surface area contributed by atoms with Crippen LogP contribution in [0.25, 0.3) is 0 Å². The first-order chi connectivity index (χ1) is 22.5. The Morgan fingerprint density at radius 2 is 0.804 bits per heavy atom. The van der Waals surface area contributed by atoms with E-state index in [1.807, 2.05) is 0 Å². The number of ether oxygens (including phenoxy) is 3. The predicted molar refractivity (Wildman–Crippen MR) is 192 cm³/mol. The minimum Gasteiger partial charge on any atom is -0.462 e. The lowest BCUT2D eigenvalue weighted by atomic mass is 10.1. The van der Waals surface area contributed by atoms with Gasteiger partial charge in [-0.3, -0.25) is 14.4 Å².